The van der Waals surface area contributed by atoms with Crippen molar-refractivity contribution in [2.45, 2.75) is 19.9 Å². The third-order valence-corrected chi connectivity index (χ3v) is 4.07. The molecular formula is C15H15N5OS. The maximum Gasteiger partial charge on any atom is 0.267 e. The fraction of sp³-hybridized carbons (Fsp3) is 0.200. The third-order valence-electron chi connectivity index (χ3n) is 3.16. The molecule has 22 heavy (non-hydrogen) atoms. The Balaban J connectivity index is 1.58. The average Bonchev–Trinajstić information content (AvgIpc) is 3.18. The van der Waals surface area contributed by atoms with Crippen molar-refractivity contribution in [3.05, 3.63) is 58.3 Å². The van der Waals surface area contributed by atoms with Crippen molar-refractivity contribution < 1.29 is 4.79 Å². The number of nitrogens with zero attached hydrogens (tertiary/aromatic N) is 4. The first-order valence-corrected chi connectivity index (χ1v) is 7.69. The molecule has 0 aliphatic carbocycles. The average molecular weight is 313 g/mol. The number of anilines is 1. The van der Waals surface area contributed by atoms with Crippen LogP contribution in [0.5, 0.6) is 0 Å². The molecule has 6 nitrogen and oxygen atoms in total. The van der Waals surface area contributed by atoms with Gasteiger partial charge in [0.2, 0.25) is 0 Å². The van der Waals surface area contributed by atoms with Gasteiger partial charge in [0.1, 0.15) is 4.88 Å². The van der Waals surface area contributed by atoms with Crippen molar-refractivity contribution >= 4 is 22.9 Å². The van der Waals surface area contributed by atoms with E-state index in [1.54, 1.807) is 17.1 Å². The van der Waals surface area contributed by atoms with Gasteiger partial charge in [-0.2, -0.15) is 0 Å². The van der Waals surface area contributed by atoms with Crippen LogP contribution in [0.1, 0.15) is 20.2 Å². The fourth-order valence-electron chi connectivity index (χ4n) is 2.01. The summed E-state index contributed by atoms with van der Waals surface area (Å²) < 4.78 is 1.79. The molecule has 2 aromatic heterocycles. The zero-order chi connectivity index (χ0) is 15.4. The largest absolute Gasteiger partial charge is 0.321 e. The molecule has 0 radical (unpaired) electrons. The Morgan fingerprint density at radius 3 is 2.77 bits per heavy atom. The van der Waals surface area contributed by atoms with E-state index in [4.69, 9.17) is 0 Å². The van der Waals surface area contributed by atoms with Gasteiger partial charge in [-0.3, -0.25) is 9.48 Å². The monoisotopic (exact) mass is 313 g/mol. The summed E-state index contributed by atoms with van der Waals surface area (Å²) >= 11 is 1.39. The summed E-state index contributed by atoms with van der Waals surface area (Å²) in [6, 6.07) is 7.82. The van der Waals surface area contributed by atoms with Crippen LogP contribution in [0.15, 0.2) is 42.9 Å². The molecule has 0 fully saturated rings. The van der Waals surface area contributed by atoms with E-state index >= 15 is 0 Å². The molecule has 7 heteroatoms. The number of carbonyl (C=O) groups excluding carboxylic acids is 1. The maximum absolute atomic E-state index is 12.0. The lowest BCUT2D eigenvalue weighted by molar-refractivity contribution is 0.103. The zero-order valence-corrected chi connectivity index (χ0v) is 12.9. The summed E-state index contributed by atoms with van der Waals surface area (Å²) in [6.45, 7) is 2.66. The molecule has 3 rings (SSSR count). The molecule has 1 amide bonds. The number of thiazole rings is 1. The minimum Gasteiger partial charge on any atom is -0.321 e. The van der Waals surface area contributed by atoms with Gasteiger partial charge in [-0.25, -0.2) is 4.98 Å². The van der Waals surface area contributed by atoms with Crippen molar-refractivity contribution in [1.29, 1.82) is 0 Å². The van der Waals surface area contributed by atoms with E-state index in [2.05, 4.69) is 20.6 Å². The normalized spacial score (nSPS) is 10.6. The molecule has 0 saturated carbocycles. The summed E-state index contributed by atoms with van der Waals surface area (Å²) in [5, 5.41) is 11.5. The molecule has 3 aromatic rings. The number of hydrogen-bond acceptors (Lipinski definition) is 5. The van der Waals surface area contributed by atoms with Crippen LogP contribution < -0.4 is 5.32 Å². The first-order chi connectivity index (χ1) is 10.7. The minimum atomic E-state index is -0.124. The van der Waals surface area contributed by atoms with Crippen molar-refractivity contribution in [2.75, 3.05) is 5.32 Å². The second kappa shape index (κ2) is 6.48. The molecule has 0 saturated heterocycles. The lowest BCUT2D eigenvalue weighted by Gasteiger charge is -2.05. The predicted molar refractivity (Wildman–Crippen MR) is 85.0 cm³/mol. The predicted octanol–water partition coefficient (Wildman–Crippen LogP) is 2.54. The van der Waals surface area contributed by atoms with Crippen LogP contribution >= 0.6 is 11.3 Å². The van der Waals surface area contributed by atoms with Crippen LogP contribution in [0.3, 0.4) is 0 Å². The van der Waals surface area contributed by atoms with Gasteiger partial charge in [0.25, 0.3) is 5.91 Å². The summed E-state index contributed by atoms with van der Waals surface area (Å²) in [6.07, 6.45) is 5.97. The summed E-state index contributed by atoms with van der Waals surface area (Å²) in [7, 11) is 0. The molecule has 112 valence electrons. The van der Waals surface area contributed by atoms with E-state index in [9.17, 15) is 4.79 Å². The molecule has 0 aliphatic rings. The van der Waals surface area contributed by atoms with Gasteiger partial charge >= 0.3 is 0 Å². The fourth-order valence-corrected chi connectivity index (χ4v) is 2.68. The van der Waals surface area contributed by atoms with Gasteiger partial charge in [0, 0.05) is 18.4 Å². The van der Waals surface area contributed by atoms with E-state index < -0.39 is 0 Å². The van der Waals surface area contributed by atoms with E-state index in [-0.39, 0.29) is 5.91 Å². The smallest absolute Gasteiger partial charge is 0.267 e. The summed E-state index contributed by atoms with van der Waals surface area (Å²) in [4.78, 5) is 16.7. The highest BCUT2D eigenvalue weighted by molar-refractivity contribution is 7.13. The van der Waals surface area contributed by atoms with E-state index in [0.717, 1.165) is 23.7 Å². The number of amides is 1. The minimum absolute atomic E-state index is 0.124. The third kappa shape index (κ3) is 3.56. The molecule has 0 spiro atoms. The lowest BCUT2D eigenvalue weighted by Crippen LogP contribution is -2.10. The van der Waals surface area contributed by atoms with Crippen molar-refractivity contribution in [1.82, 2.24) is 20.0 Å². The summed E-state index contributed by atoms with van der Waals surface area (Å²) in [5.41, 5.74) is 1.96. The van der Waals surface area contributed by atoms with Gasteiger partial charge < -0.3 is 5.32 Å². The molecule has 1 N–H and O–H groups in total. The Hall–Kier alpha value is -2.54. The van der Waals surface area contributed by atoms with E-state index in [0.29, 0.717) is 4.88 Å². The highest BCUT2D eigenvalue weighted by Crippen LogP contribution is 2.15. The Labute approximate surface area is 131 Å². The van der Waals surface area contributed by atoms with Crippen LogP contribution in [0.2, 0.25) is 0 Å². The number of aryl methyl sites for hydroxylation is 3. The van der Waals surface area contributed by atoms with Crippen LogP contribution in [0.4, 0.5) is 5.69 Å². The highest BCUT2D eigenvalue weighted by Gasteiger charge is 2.09. The Morgan fingerprint density at radius 2 is 2.14 bits per heavy atom. The number of rotatable bonds is 5. The topological polar surface area (TPSA) is 72.7 Å². The van der Waals surface area contributed by atoms with Crippen LogP contribution in [-0.2, 0) is 13.0 Å². The standard InChI is InChI=1S/C15H15N5OS/c1-11-16-10-14(22-11)15(21)18-13-4-2-12(3-5-13)6-8-20-9-7-17-19-20/h2-5,7,9-10H,6,8H2,1H3,(H,18,21). The van der Waals surface area contributed by atoms with E-state index in [1.807, 2.05) is 37.4 Å². The van der Waals surface area contributed by atoms with Crippen molar-refractivity contribution in [2.24, 2.45) is 0 Å². The molecular weight excluding hydrogens is 298 g/mol. The van der Waals surface area contributed by atoms with Gasteiger partial charge in [0.05, 0.1) is 17.4 Å². The SMILES string of the molecule is Cc1ncc(C(=O)Nc2ccc(CCn3ccnn3)cc2)s1. The molecule has 1 aromatic carbocycles. The molecule has 0 bridgehead atoms. The van der Waals surface area contributed by atoms with Gasteiger partial charge in [0.15, 0.2) is 0 Å². The lowest BCUT2D eigenvalue weighted by atomic mass is 10.1. The Bertz CT molecular complexity index is 749. The first-order valence-electron chi connectivity index (χ1n) is 6.87. The second-order valence-electron chi connectivity index (χ2n) is 4.81. The second-order valence-corrected chi connectivity index (χ2v) is 6.05. The van der Waals surface area contributed by atoms with Crippen LogP contribution in [0.25, 0.3) is 0 Å². The molecule has 2 heterocycles. The van der Waals surface area contributed by atoms with Crippen molar-refractivity contribution in [3.63, 3.8) is 0 Å². The molecule has 0 atom stereocenters. The zero-order valence-electron chi connectivity index (χ0n) is 12.1. The Kier molecular flexibility index (Phi) is 4.24. The van der Waals surface area contributed by atoms with Gasteiger partial charge in [-0.1, -0.05) is 17.3 Å². The molecule has 0 aliphatic heterocycles. The van der Waals surface area contributed by atoms with Crippen LogP contribution in [0, 0.1) is 6.92 Å². The number of nitrogens with one attached hydrogen (secondary N) is 1. The maximum atomic E-state index is 12.0. The number of hydrogen-bond donors (Lipinski definition) is 1. The van der Waals surface area contributed by atoms with Crippen LogP contribution in [-0.4, -0.2) is 25.9 Å². The Morgan fingerprint density at radius 1 is 1.32 bits per heavy atom. The summed E-state index contributed by atoms with van der Waals surface area (Å²) in [5.74, 6) is -0.124. The number of aromatic nitrogens is 4. The quantitative estimate of drug-likeness (QED) is 0.785. The number of benzene rings is 1. The number of carbonyl (C=O) groups is 1. The van der Waals surface area contributed by atoms with E-state index in [1.165, 1.54) is 16.9 Å². The van der Waals surface area contributed by atoms with Gasteiger partial charge in [-0.15, -0.1) is 16.4 Å². The molecule has 0 unspecified atom stereocenters. The first kappa shape index (κ1) is 14.4. The highest BCUT2D eigenvalue weighted by atomic mass is 32.1. The van der Waals surface area contributed by atoms with Crippen molar-refractivity contribution in [3.8, 4) is 0 Å². The van der Waals surface area contributed by atoms with Gasteiger partial charge in [-0.05, 0) is 31.0 Å².